The topological polar surface area (TPSA) is 74.6 Å². The van der Waals surface area contributed by atoms with E-state index in [1.165, 1.54) is 25.7 Å². The molecule has 2 aromatic heterocycles. The summed E-state index contributed by atoms with van der Waals surface area (Å²) < 4.78 is 6.25. The number of benzene rings is 2. The van der Waals surface area contributed by atoms with E-state index in [4.69, 9.17) is 31.3 Å². The summed E-state index contributed by atoms with van der Waals surface area (Å²) in [6, 6.07) is 12.1. The molecule has 1 saturated carbocycles. The van der Waals surface area contributed by atoms with Crippen molar-refractivity contribution in [2.45, 2.75) is 38.1 Å². The summed E-state index contributed by atoms with van der Waals surface area (Å²) in [7, 11) is 2.14. The summed E-state index contributed by atoms with van der Waals surface area (Å²) in [6.07, 6.45) is 8.03. The summed E-state index contributed by atoms with van der Waals surface area (Å²) in [5.41, 5.74) is 2.01. The van der Waals surface area contributed by atoms with Crippen molar-refractivity contribution in [1.29, 1.82) is 0 Å². The molecule has 3 fully saturated rings. The van der Waals surface area contributed by atoms with Crippen LogP contribution in [0.15, 0.2) is 42.6 Å². The summed E-state index contributed by atoms with van der Waals surface area (Å²) in [4.78, 5) is 19.4. The number of rotatable bonds is 5. The van der Waals surface area contributed by atoms with Crippen LogP contribution in [-0.4, -0.2) is 64.3 Å². The molecule has 4 heterocycles. The summed E-state index contributed by atoms with van der Waals surface area (Å²) in [5, 5.41) is 13.7. The lowest BCUT2D eigenvalue weighted by Gasteiger charge is -2.33. The van der Waals surface area contributed by atoms with E-state index in [1.54, 1.807) is 12.1 Å². The average Bonchev–Trinajstić information content (AvgIpc) is 3.50. The van der Waals surface area contributed by atoms with Crippen LogP contribution in [0, 0.1) is 11.8 Å². The molecule has 2 aromatic carbocycles. The monoisotopic (exact) mass is 529 g/mol. The molecule has 3 atom stereocenters. The number of halogens is 1. The van der Waals surface area contributed by atoms with Gasteiger partial charge in [0.15, 0.2) is 0 Å². The summed E-state index contributed by atoms with van der Waals surface area (Å²) in [5.74, 6) is 2.45. The molecule has 7 rings (SSSR count). The van der Waals surface area contributed by atoms with Crippen molar-refractivity contribution in [1.82, 2.24) is 19.9 Å². The maximum absolute atomic E-state index is 10.5. The van der Waals surface area contributed by atoms with E-state index in [0.717, 1.165) is 53.6 Å². The van der Waals surface area contributed by atoms with E-state index in [-0.39, 0.29) is 5.75 Å². The Hall–Kier alpha value is -3.16. The zero-order valence-electron chi connectivity index (χ0n) is 21.6. The van der Waals surface area contributed by atoms with Gasteiger partial charge in [0.05, 0.1) is 16.1 Å². The Bertz CT molecular complexity index is 1520. The summed E-state index contributed by atoms with van der Waals surface area (Å²) in [6.45, 7) is 3.63. The van der Waals surface area contributed by atoms with Crippen LogP contribution in [0.5, 0.6) is 11.8 Å². The van der Waals surface area contributed by atoms with Gasteiger partial charge in [-0.2, -0.15) is 9.97 Å². The minimum Gasteiger partial charge on any atom is -0.508 e. The van der Waals surface area contributed by atoms with Gasteiger partial charge < -0.3 is 19.6 Å². The highest BCUT2D eigenvalue weighted by Gasteiger charge is 2.35. The average molecular weight is 530 g/mol. The van der Waals surface area contributed by atoms with E-state index < -0.39 is 0 Å². The maximum atomic E-state index is 10.5. The molecule has 4 aromatic rings. The fourth-order valence-electron chi connectivity index (χ4n) is 6.75. The first-order valence-electron chi connectivity index (χ1n) is 13.7. The number of phenols is 1. The third kappa shape index (κ3) is 4.22. The molecular formula is C30H32ClN5O2. The number of aromatic hydroxyl groups is 1. The molecule has 196 valence electrons. The lowest BCUT2D eigenvalue weighted by molar-refractivity contribution is 0.188. The van der Waals surface area contributed by atoms with Gasteiger partial charge in [0.2, 0.25) is 0 Å². The molecule has 2 bridgehead atoms. The van der Waals surface area contributed by atoms with Gasteiger partial charge in [0.1, 0.15) is 23.7 Å². The van der Waals surface area contributed by atoms with Gasteiger partial charge in [-0.05, 0) is 80.4 Å². The summed E-state index contributed by atoms with van der Waals surface area (Å²) >= 11 is 7.12. The van der Waals surface area contributed by atoms with Crippen molar-refractivity contribution >= 4 is 39.1 Å². The van der Waals surface area contributed by atoms with E-state index in [9.17, 15) is 5.11 Å². The number of nitrogens with zero attached hydrogens (tertiary/aromatic N) is 5. The number of likely N-dealkylation sites (N-methyl/N-ethyl adjacent to an activating group) is 1. The molecule has 38 heavy (non-hydrogen) atoms. The number of aromatic nitrogens is 3. The van der Waals surface area contributed by atoms with Crippen molar-refractivity contribution in [2.75, 3.05) is 38.2 Å². The van der Waals surface area contributed by atoms with E-state index in [0.29, 0.717) is 46.7 Å². The Balaban J connectivity index is 1.36. The maximum Gasteiger partial charge on any atom is 0.319 e. The van der Waals surface area contributed by atoms with Gasteiger partial charge in [0, 0.05) is 30.9 Å². The molecule has 1 N–H and O–H groups in total. The van der Waals surface area contributed by atoms with Gasteiger partial charge >= 0.3 is 6.01 Å². The SMILES string of the molecule is CN1CCC[C@H]1COc1nc(N2CC3CCC(C3)C2)c2cnc(-c3cc(O)cc4ccccc34)c(Cl)c2n1. The Labute approximate surface area is 227 Å². The second kappa shape index (κ2) is 9.54. The van der Waals surface area contributed by atoms with Gasteiger partial charge in [0.25, 0.3) is 0 Å². The first-order valence-corrected chi connectivity index (χ1v) is 14.1. The molecule has 0 spiro atoms. The van der Waals surface area contributed by atoms with Crippen molar-refractivity contribution in [3.63, 3.8) is 0 Å². The number of piperidine rings is 1. The number of fused-ring (bicyclic) bond motifs is 4. The van der Waals surface area contributed by atoms with Crippen LogP contribution in [0.4, 0.5) is 5.82 Å². The lowest BCUT2D eigenvalue weighted by atomic mass is 9.98. The zero-order chi connectivity index (χ0) is 25.8. The predicted molar refractivity (Wildman–Crippen MR) is 151 cm³/mol. The molecule has 0 radical (unpaired) electrons. The predicted octanol–water partition coefficient (Wildman–Crippen LogP) is 5.91. The molecule has 0 amide bonds. The van der Waals surface area contributed by atoms with Gasteiger partial charge in [-0.3, -0.25) is 4.98 Å². The standard InChI is InChI=1S/C30H32ClN5O2/c1-35-10-4-6-21(35)17-38-30-33-28-25(29(34-30)36-15-18-8-9-19(11-18)16-36)14-32-27(26(28)31)24-13-22(37)12-20-5-2-3-7-23(20)24/h2-3,5,7,12-14,18-19,21,37H,4,6,8-11,15-17H2,1H3/t18?,19?,21-/m0/s1. The molecule has 2 saturated heterocycles. The van der Waals surface area contributed by atoms with Crippen LogP contribution in [0.2, 0.25) is 5.02 Å². The molecule has 2 unspecified atom stereocenters. The minimum atomic E-state index is 0.175. The Kier molecular flexibility index (Phi) is 6.01. The van der Waals surface area contributed by atoms with E-state index >= 15 is 0 Å². The van der Waals surface area contributed by atoms with Crippen molar-refractivity contribution in [2.24, 2.45) is 11.8 Å². The van der Waals surface area contributed by atoms with Crippen molar-refractivity contribution in [3.05, 3.63) is 47.6 Å². The van der Waals surface area contributed by atoms with Crippen molar-refractivity contribution < 1.29 is 9.84 Å². The number of phenolic OH excluding ortho intramolecular Hbond substituents is 1. The third-order valence-electron chi connectivity index (χ3n) is 8.73. The zero-order valence-corrected chi connectivity index (χ0v) is 22.4. The number of pyridine rings is 1. The van der Waals surface area contributed by atoms with Crippen LogP contribution >= 0.6 is 11.6 Å². The molecule has 3 aliphatic rings. The quantitative estimate of drug-likeness (QED) is 0.344. The number of hydrogen-bond acceptors (Lipinski definition) is 7. The van der Waals surface area contributed by atoms with Gasteiger partial charge in [-0.1, -0.05) is 35.9 Å². The molecule has 7 nitrogen and oxygen atoms in total. The highest BCUT2D eigenvalue weighted by molar-refractivity contribution is 6.38. The fraction of sp³-hybridized carbons (Fsp3) is 0.433. The van der Waals surface area contributed by atoms with Crippen molar-refractivity contribution in [3.8, 4) is 23.0 Å². The molecular weight excluding hydrogens is 498 g/mol. The first-order chi connectivity index (χ1) is 18.5. The van der Waals surface area contributed by atoms with Gasteiger partial charge in [-0.15, -0.1) is 0 Å². The highest BCUT2D eigenvalue weighted by Crippen LogP contribution is 2.42. The fourth-order valence-corrected chi connectivity index (χ4v) is 7.04. The van der Waals surface area contributed by atoms with Crippen LogP contribution < -0.4 is 9.64 Å². The van der Waals surface area contributed by atoms with Crippen LogP contribution in [0.25, 0.3) is 32.9 Å². The highest BCUT2D eigenvalue weighted by atomic mass is 35.5. The number of anilines is 1. The first kappa shape index (κ1) is 23.9. The van der Waals surface area contributed by atoms with E-state index in [1.807, 2.05) is 30.5 Å². The Morgan fingerprint density at radius 3 is 2.66 bits per heavy atom. The Morgan fingerprint density at radius 1 is 1.05 bits per heavy atom. The normalized spacial score (nSPS) is 23.5. The Morgan fingerprint density at radius 2 is 1.87 bits per heavy atom. The van der Waals surface area contributed by atoms with Gasteiger partial charge in [-0.25, -0.2) is 0 Å². The second-order valence-corrected chi connectivity index (χ2v) is 11.6. The smallest absolute Gasteiger partial charge is 0.319 e. The largest absolute Gasteiger partial charge is 0.508 e. The van der Waals surface area contributed by atoms with E-state index in [2.05, 4.69) is 16.8 Å². The second-order valence-electron chi connectivity index (χ2n) is 11.3. The van der Waals surface area contributed by atoms with Crippen LogP contribution in [0.3, 0.4) is 0 Å². The number of ether oxygens (including phenoxy) is 1. The number of likely N-dealkylation sites (tertiary alicyclic amines) is 1. The molecule has 1 aliphatic carbocycles. The lowest BCUT2D eigenvalue weighted by Crippen LogP contribution is -2.37. The van der Waals surface area contributed by atoms with Crippen LogP contribution in [0.1, 0.15) is 32.1 Å². The minimum absolute atomic E-state index is 0.175. The molecule has 8 heteroatoms. The number of hydrogen-bond donors (Lipinski definition) is 1. The molecule has 2 aliphatic heterocycles. The third-order valence-corrected chi connectivity index (χ3v) is 9.09. The van der Waals surface area contributed by atoms with Crippen LogP contribution in [-0.2, 0) is 0 Å².